The van der Waals surface area contributed by atoms with E-state index in [1.165, 1.54) is 4.68 Å². The Kier molecular flexibility index (Phi) is 7.52. The molecule has 3 rings (SSSR count). The van der Waals surface area contributed by atoms with Crippen molar-refractivity contribution in [3.8, 4) is 5.69 Å². The average molecular weight is 461 g/mol. The smallest absolute Gasteiger partial charge is 0.321 e. The molecule has 0 atom stereocenters. The number of piperazine rings is 1. The number of carbonyl (C=O) groups is 2. The van der Waals surface area contributed by atoms with Crippen molar-refractivity contribution in [3.05, 3.63) is 51.9 Å². The maximum atomic E-state index is 12.7. The van der Waals surface area contributed by atoms with Gasteiger partial charge in [0.05, 0.1) is 17.6 Å². The lowest BCUT2D eigenvalue weighted by Crippen LogP contribution is -2.50. The highest BCUT2D eigenvalue weighted by Crippen LogP contribution is 2.23. The zero-order valence-electron chi connectivity index (χ0n) is 18.6. The van der Waals surface area contributed by atoms with Gasteiger partial charge >= 0.3 is 6.03 Å². The summed E-state index contributed by atoms with van der Waals surface area (Å²) in [5.41, 5.74) is 0.506. The first kappa shape index (κ1) is 23.7. The first-order chi connectivity index (χ1) is 15.1. The monoisotopic (exact) mass is 460 g/mol. The van der Waals surface area contributed by atoms with Crippen molar-refractivity contribution in [2.75, 3.05) is 37.6 Å². The summed E-state index contributed by atoms with van der Waals surface area (Å²) in [7, 11) is 0. The van der Waals surface area contributed by atoms with Gasteiger partial charge in [0, 0.05) is 44.7 Å². The SMILES string of the molecule is CC(C)(C)NC(=O)NC(=O)CCN1CCN(c2cnn(-c3ccccc3)c(=O)c2Cl)CC1. The van der Waals surface area contributed by atoms with E-state index in [9.17, 15) is 14.4 Å². The van der Waals surface area contributed by atoms with Gasteiger partial charge in [0.1, 0.15) is 5.02 Å². The van der Waals surface area contributed by atoms with Gasteiger partial charge in [-0.3, -0.25) is 19.8 Å². The third-order valence-electron chi connectivity index (χ3n) is 5.01. The van der Waals surface area contributed by atoms with E-state index in [4.69, 9.17) is 11.6 Å². The normalized spacial score (nSPS) is 14.8. The molecule has 0 aliphatic carbocycles. The molecule has 0 unspecified atom stereocenters. The molecule has 1 saturated heterocycles. The van der Waals surface area contributed by atoms with Crippen LogP contribution in [0.2, 0.25) is 5.02 Å². The number of hydrogen-bond donors (Lipinski definition) is 2. The van der Waals surface area contributed by atoms with Crippen molar-refractivity contribution in [2.45, 2.75) is 32.7 Å². The zero-order chi connectivity index (χ0) is 23.3. The van der Waals surface area contributed by atoms with Gasteiger partial charge in [-0.25, -0.2) is 4.79 Å². The standard InChI is InChI=1S/C22H29ClN6O3/c1-22(2,3)26-21(32)25-18(30)9-10-27-11-13-28(14-12-27)17-15-24-29(20(31)19(17)23)16-7-5-4-6-8-16/h4-8,15H,9-14H2,1-3H3,(H2,25,26,30,32). The van der Waals surface area contributed by atoms with Crippen LogP contribution < -0.4 is 21.1 Å². The van der Waals surface area contributed by atoms with Crippen molar-refractivity contribution >= 4 is 29.2 Å². The Morgan fingerprint density at radius 2 is 1.75 bits per heavy atom. The molecular weight excluding hydrogens is 432 g/mol. The Bertz CT molecular complexity index is 1010. The van der Waals surface area contributed by atoms with Crippen LogP contribution in [0, 0.1) is 0 Å². The first-order valence-corrected chi connectivity index (χ1v) is 10.9. The number of imide groups is 1. The Morgan fingerprint density at radius 3 is 2.38 bits per heavy atom. The number of benzene rings is 1. The van der Waals surface area contributed by atoms with Crippen LogP contribution in [-0.4, -0.2) is 64.9 Å². The van der Waals surface area contributed by atoms with E-state index >= 15 is 0 Å². The predicted molar refractivity (Wildman–Crippen MR) is 125 cm³/mol. The molecule has 1 aromatic heterocycles. The van der Waals surface area contributed by atoms with Gasteiger partial charge in [0.2, 0.25) is 5.91 Å². The summed E-state index contributed by atoms with van der Waals surface area (Å²) < 4.78 is 1.29. The number of hydrogen-bond acceptors (Lipinski definition) is 6. The molecule has 32 heavy (non-hydrogen) atoms. The third kappa shape index (κ3) is 6.30. The molecular formula is C22H29ClN6O3. The summed E-state index contributed by atoms with van der Waals surface area (Å²) in [5.74, 6) is -0.314. The number of rotatable bonds is 5. The van der Waals surface area contributed by atoms with E-state index < -0.39 is 11.6 Å². The molecule has 1 aliphatic heterocycles. The largest absolute Gasteiger partial charge is 0.366 e. The number of carbonyl (C=O) groups excluding carboxylic acids is 2. The molecule has 1 aromatic carbocycles. The van der Waals surface area contributed by atoms with Crippen LogP contribution in [0.5, 0.6) is 0 Å². The molecule has 0 radical (unpaired) electrons. The number of aromatic nitrogens is 2. The van der Waals surface area contributed by atoms with E-state index in [0.717, 1.165) is 0 Å². The van der Waals surface area contributed by atoms with Crippen molar-refractivity contribution < 1.29 is 9.59 Å². The van der Waals surface area contributed by atoms with Crippen molar-refractivity contribution in [2.24, 2.45) is 0 Å². The molecule has 1 aliphatic rings. The summed E-state index contributed by atoms with van der Waals surface area (Å²) in [4.78, 5) is 40.7. The fraction of sp³-hybridized carbons (Fsp3) is 0.455. The van der Waals surface area contributed by atoms with Crippen molar-refractivity contribution in [1.82, 2.24) is 25.3 Å². The summed E-state index contributed by atoms with van der Waals surface area (Å²) in [6.45, 7) is 8.82. The third-order valence-corrected chi connectivity index (χ3v) is 5.37. The molecule has 3 amide bonds. The number of halogens is 1. The second-order valence-electron chi connectivity index (χ2n) is 8.73. The van der Waals surface area contributed by atoms with Crippen LogP contribution in [0.15, 0.2) is 41.3 Å². The summed E-state index contributed by atoms with van der Waals surface area (Å²) in [6, 6.07) is 8.65. The Morgan fingerprint density at radius 1 is 1.09 bits per heavy atom. The lowest BCUT2D eigenvalue weighted by atomic mass is 10.1. The van der Waals surface area contributed by atoms with Crippen LogP contribution in [0.1, 0.15) is 27.2 Å². The van der Waals surface area contributed by atoms with Gasteiger partial charge in [-0.05, 0) is 32.9 Å². The van der Waals surface area contributed by atoms with E-state index in [2.05, 4.69) is 20.6 Å². The number of anilines is 1. The average Bonchev–Trinajstić information content (AvgIpc) is 2.74. The lowest BCUT2D eigenvalue weighted by Gasteiger charge is -2.36. The lowest BCUT2D eigenvalue weighted by molar-refractivity contribution is -0.120. The topological polar surface area (TPSA) is 99.6 Å². The van der Waals surface area contributed by atoms with E-state index in [1.807, 2.05) is 43.9 Å². The molecule has 2 heterocycles. The van der Waals surface area contributed by atoms with E-state index in [0.29, 0.717) is 44.1 Å². The molecule has 1 fully saturated rings. The predicted octanol–water partition coefficient (Wildman–Crippen LogP) is 2.02. The van der Waals surface area contributed by atoms with Gasteiger partial charge in [-0.2, -0.15) is 9.78 Å². The molecule has 10 heteroatoms. The van der Waals surface area contributed by atoms with Crippen molar-refractivity contribution in [3.63, 3.8) is 0 Å². The van der Waals surface area contributed by atoms with Gasteiger partial charge in [0.15, 0.2) is 0 Å². The van der Waals surface area contributed by atoms with Crippen LogP contribution in [-0.2, 0) is 4.79 Å². The summed E-state index contributed by atoms with van der Waals surface area (Å²) in [5, 5.41) is 9.48. The minimum Gasteiger partial charge on any atom is -0.366 e. The summed E-state index contributed by atoms with van der Waals surface area (Å²) in [6.07, 6.45) is 1.85. The Hall–Kier alpha value is -2.91. The molecule has 0 spiro atoms. The highest BCUT2D eigenvalue weighted by atomic mass is 35.5. The highest BCUT2D eigenvalue weighted by molar-refractivity contribution is 6.33. The number of urea groups is 1. The van der Waals surface area contributed by atoms with E-state index in [-0.39, 0.29) is 22.9 Å². The van der Waals surface area contributed by atoms with Crippen LogP contribution in [0.3, 0.4) is 0 Å². The van der Waals surface area contributed by atoms with Gasteiger partial charge in [-0.1, -0.05) is 29.8 Å². The van der Waals surface area contributed by atoms with Crippen molar-refractivity contribution in [1.29, 1.82) is 0 Å². The number of amides is 3. The molecule has 2 N–H and O–H groups in total. The molecule has 9 nitrogen and oxygen atoms in total. The Labute approximate surface area is 192 Å². The van der Waals surface area contributed by atoms with Crippen LogP contribution >= 0.6 is 11.6 Å². The molecule has 2 aromatic rings. The number of nitrogens with one attached hydrogen (secondary N) is 2. The molecule has 0 saturated carbocycles. The maximum absolute atomic E-state index is 12.7. The van der Waals surface area contributed by atoms with Crippen LogP contribution in [0.4, 0.5) is 10.5 Å². The second-order valence-corrected chi connectivity index (χ2v) is 9.11. The van der Waals surface area contributed by atoms with Gasteiger partial charge in [-0.15, -0.1) is 0 Å². The highest BCUT2D eigenvalue weighted by Gasteiger charge is 2.22. The molecule has 0 bridgehead atoms. The maximum Gasteiger partial charge on any atom is 0.321 e. The fourth-order valence-corrected chi connectivity index (χ4v) is 3.68. The number of nitrogens with zero attached hydrogens (tertiary/aromatic N) is 4. The van der Waals surface area contributed by atoms with Crippen LogP contribution in [0.25, 0.3) is 5.69 Å². The second kappa shape index (κ2) is 10.1. The van der Waals surface area contributed by atoms with Gasteiger partial charge in [0.25, 0.3) is 5.56 Å². The zero-order valence-corrected chi connectivity index (χ0v) is 19.4. The summed E-state index contributed by atoms with van der Waals surface area (Å²) >= 11 is 6.40. The van der Waals surface area contributed by atoms with Gasteiger partial charge < -0.3 is 10.2 Å². The Balaban J connectivity index is 1.52. The minimum absolute atomic E-state index is 0.140. The molecule has 172 valence electrons. The first-order valence-electron chi connectivity index (χ1n) is 10.6. The van der Waals surface area contributed by atoms with E-state index in [1.54, 1.807) is 18.3 Å². The fourth-order valence-electron chi connectivity index (χ4n) is 3.43. The minimum atomic E-state index is -0.486. The quantitative estimate of drug-likeness (QED) is 0.708. The number of para-hydroxylation sites is 1.